The van der Waals surface area contributed by atoms with Gasteiger partial charge in [0.1, 0.15) is 6.04 Å². The fourth-order valence-electron chi connectivity index (χ4n) is 4.26. The quantitative estimate of drug-likeness (QED) is 0.778. The van der Waals surface area contributed by atoms with E-state index < -0.39 is 6.04 Å². The monoisotopic (exact) mass is 358 g/mol. The predicted octanol–water partition coefficient (Wildman–Crippen LogP) is 2.33. The van der Waals surface area contributed by atoms with Gasteiger partial charge in [0.05, 0.1) is 7.11 Å². The number of likely N-dealkylation sites (tertiary alicyclic amines) is 1. The van der Waals surface area contributed by atoms with E-state index in [1.54, 1.807) is 43.3 Å². The van der Waals surface area contributed by atoms with Crippen molar-refractivity contribution >= 4 is 17.8 Å². The van der Waals surface area contributed by atoms with E-state index in [1.165, 1.54) is 12.0 Å². The minimum absolute atomic E-state index is 0.100. The summed E-state index contributed by atoms with van der Waals surface area (Å²) in [4.78, 5) is 40.7. The van der Waals surface area contributed by atoms with Crippen LogP contribution >= 0.6 is 0 Å². The number of benzene rings is 1. The molecular weight excluding hydrogens is 332 g/mol. The topological polar surface area (TPSA) is 66.9 Å². The van der Waals surface area contributed by atoms with Crippen molar-refractivity contribution in [2.75, 3.05) is 21.2 Å². The Labute approximate surface area is 154 Å². The van der Waals surface area contributed by atoms with E-state index >= 15 is 0 Å². The molecule has 0 bridgehead atoms. The van der Waals surface area contributed by atoms with Crippen molar-refractivity contribution in [2.24, 2.45) is 5.92 Å². The number of ether oxygens (including phenoxy) is 1. The van der Waals surface area contributed by atoms with E-state index in [9.17, 15) is 14.4 Å². The summed E-state index contributed by atoms with van der Waals surface area (Å²) >= 11 is 0. The first-order valence-corrected chi connectivity index (χ1v) is 9.16. The predicted molar refractivity (Wildman–Crippen MR) is 96.8 cm³/mol. The Balaban J connectivity index is 1.86. The number of fused-ring (bicyclic) bond motifs is 1. The first-order chi connectivity index (χ1) is 12.4. The number of hydrogen-bond acceptors (Lipinski definition) is 4. The Hall–Kier alpha value is -2.37. The van der Waals surface area contributed by atoms with Gasteiger partial charge in [0.25, 0.3) is 11.8 Å². The fourth-order valence-corrected chi connectivity index (χ4v) is 4.26. The van der Waals surface area contributed by atoms with Crippen molar-refractivity contribution in [3.8, 4) is 0 Å². The molecule has 1 aliphatic heterocycles. The van der Waals surface area contributed by atoms with Gasteiger partial charge < -0.3 is 14.5 Å². The Morgan fingerprint density at radius 1 is 1.04 bits per heavy atom. The molecule has 140 valence electrons. The number of methoxy groups -OCH3 is 1. The van der Waals surface area contributed by atoms with Crippen LogP contribution in [0.25, 0.3) is 0 Å². The lowest BCUT2D eigenvalue weighted by Gasteiger charge is -2.33. The normalized spacial score (nSPS) is 24.7. The third kappa shape index (κ3) is 3.32. The molecule has 6 nitrogen and oxygen atoms in total. The van der Waals surface area contributed by atoms with Crippen molar-refractivity contribution in [1.29, 1.82) is 0 Å². The molecule has 1 aromatic carbocycles. The van der Waals surface area contributed by atoms with E-state index in [-0.39, 0.29) is 23.8 Å². The molecule has 0 radical (unpaired) electrons. The van der Waals surface area contributed by atoms with Gasteiger partial charge in [0.2, 0.25) is 0 Å². The fraction of sp³-hybridized carbons (Fsp3) is 0.550. The number of nitrogens with zero attached hydrogens (tertiary/aromatic N) is 2. The summed E-state index contributed by atoms with van der Waals surface area (Å²) in [7, 11) is 4.75. The van der Waals surface area contributed by atoms with Gasteiger partial charge in [-0.05, 0) is 49.4 Å². The minimum atomic E-state index is -0.510. The molecule has 26 heavy (non-hydrogen) atoms. The molecule has 1 heterocycles. The van der Waals surface area contributed by atoms with Gasteiger partial charge in [-0.15, -0.1) is 0 Å². The van der Waals surface area contributed by atoms with E-state index in [0.29, 0.717) is 23.5 Å². The zero-order valence-electron chi connectivity index (χ0n) is 15.6. The maximum Gasteiger partial charge on any atom is 0.328 e. The second-order valence-corrected chi connectivity index (χ2v) is 7.38. The molecule has 0 unspecified atom stereocenters. The summed E-state index contributed by atoms with van der Waals surface area (Å²) in [6.45, 7) is 0. The lowest BCUT2D eigenvalue weighted by atomic mass is 9.84. The highest BCUT2D eigenvalue weighted by atomic mass is 16.5. The average Bonchev–Trinajstić information content (AvgIpc) is 3.05. The van der Waals surface area contributed by atoms with E-state index in [4.69, 9.17) is 4.74 Å². The molecule has 2 amide bonds. The number of carbonyl (C=O) groups is 3. The Morgan fingerprint density at radius 3 is 2.27 bits per heavy atom. The zero-order valence-corrected chi connectivity index (χ0v) is 15.6. The molecule has 6 heteroatoms. The van der Waals surface area contributed by atoms with Crippen LogP contribution in [0.4, 0.5) is 0 Å². The third-order valence-electron chi connectivity index (χ3n) is 5.58. The summed E-state index contributed by atoms with van der Waals surface area (Å²) in [5.74, 6) is -0.234. The SMILES string of the molecule is COC(=O)[C@@H]1C[C@@H]2CCCC[C@@H]2N1C(=O)c1ccc(C(=O)N(C)C)cc1. The van der Waals surface area contributed by atoms with Crippen LogP contribution in [0.1, 0.15) is 52.8 Å². The smallest absolute Gasteiger partial charge is 0.328 e. The minimum Gasteiger partial charge on any atom is -0.467 e. The molecule has 0 N–H and O–H groups in total. The van der Waals surface area contributed by atoms with Gasteiger partial charge in [0.15, 0.2) is 0 Å². The second kappa shape index (κ2) is 7.48. The van der Waals surface area contributed by atoms with Crippen LogP contribution in [-0.2, 0) is 9.53 Å². The Morgan fingerprint density at radius 2 is 1.65 bits per heavy atom. The number of amides is 2. The molecule has 1 saturated heterocycles. The van der Waals surface area contributed by atoms with Crippen molar-refractivity contribution in [3.63, 3.8) is 0 Å². The highest BCUT2D eigenvalue weighted by Crippen LogP contribution is 2.40. The maximum atomic E-state index is 13.2. The van der Waals surface area contributed by atoms with Crippen molar-refractivity contribution in [3.05, 3.63) is 35.4 Å². The third-order valence-corrected chi connectivity index (χ3v) is 5.58. The van der Waals surface area contributed by atoms with Gasteiger partial charge in [-0.3, -0.25) is 9.59 Å². The standard InChI is InChI=1S/C20H26N2O4/c1-21(2)18(23)13-8-10-14(11-9-13)19(24)22-16-7-5-4-6-15(16)12-17(22)20(25)26-3/h8-11,15-17H,4-7,12H2,1-3H3/t15-,16-,17-/m0/s1. The molecule has 0 spiro atoms. The lowest BCUT2D eigenvalue weighted by molar-refractivity contribution is -0.145. The zero-order chi connectivity index (χ0) is 18.8. The van der Waals surface area contributed by atoms with Gasteiger partial charge in [0, 0.05) is 31.3 Å². The van der Waals surface area contributed by atoms with Gasteiger partial charge >= 0.3 is 5.97 Å². The van der Waals surface area contributed by atoms with Crippen LogP contribution in [0.2, 0.25) is 0 Å². The molecule has 1 aliphatic carbocycles. The summed E-state index contributed by atoms with van der Waals surface area (Å²) in [6, 6.07) is 6.26. The average molecular weight is 358 g/mol. The van der Waals surface area contributed by atoms with Crippen LogP contribution in [0.5, 0.6) is 0 Å². The summed E-state index contributed by atoms with van der Waals surface area (Å²) in [6.07, 6.45) is 4.90. The molecule has 1 saturated carbocycles. The number of carbonyl (C=O) groups excluding carboxylic acids is 3. The molecule has 1 aromatic rings. The van der Waals surface area contributed by atoms with Crippen molar-refractivity contribution in [1.82, 2.24) is 9.80 Å². The van der Waals surface area contributed by atoms with E-state index in [1.807, 2.05) is 0 Å². The first-order valence-electron chi connectivity index (χ1n) is 9.16. The van der Waals surface area contributed by atoms with Crippen molar-refractivity contribution < 1.29 is 19.1 Å². The molecule has 3 atom stereocenters. The lowest BCUT2D eigenvalue weighted by Crippen LogP contribution is -2.46. The van der Waals surface area contributed by atoms with Crippen LogP contribution in [0.15, 0.2) is 24.3 Å². The van der Waals surface area contributed by atoms with Gasteiger partial charge in [-0.1, -0.05) is 12.8 Å². The molecule has 3 rings (SSSR count). The molecule has 2 aliphatic rings. The number of esters is 1. The van der Waals surface area contributed by atoms with Crippen molar-refractivity contribution in [2.45, 2.75) is 44.2 Å². The van der Waals surface area contributed by atoms with Crippen LogP contribution in [0, 0.1) is 5.92 Å². The number of rotatable bonds is 3. The van der Waals surface area contributed by atoms with Crippen LogP contribution in [0.3, 0.4) is 0 Å². The van der Waals surface area contributed by atoms with Gasteiger partial charge in [-0.2, -0.15) is 0 Å². The Kier molecular flexibility index (Phi) is 5.30. The molecular formula is C20H26N2O4. The summed E-state index contributed by atoms with van der Waals surface area (Å²) in [5, 5.41) is 0. The highest BCUT2D eigenvalue weighted by molar-refractivity contribution is 5.99. The van der Waals surface area contributed by atoms with E-state index in [2.05, 4.69) is 0 Å². The van der Waals surface area contributed by atoms with Crippen LogP contribution in [-0.4, -0.2) is 60.9 Å². The highest BCUT2D eigenvalue weighted by Gasteiger charge is 2.48. The molecule has 0 aromatic heterocycles. The maximum absolute atomic E-state index is 13.2. The molecule has 2 fully saturated rings. The number of hydrogen-bond donors (Lipinski definition) is 0. The second-order valence-electron chi connectivity index (χ2n) is 7.38. The summed E-state index contributed by atoms with van der Waals surface area (Å²) in [5.41, 5.74) is 1.04. The summed E-state index contributed by atoms with van der Waals surface area (Å²) < 4.78 is 4.95. The largest absolute Gasteiger partial charge is 0.467 e. The van der Waals surface area contributed by atoms with E-state index in [0.717, 1.165) is 25.7 Å². The first kappa shape index (κ1) is 18.4. The van der Waals surface area contributed by atoms with Crippen LogP contribution < -0.4 is 0 Å². The van der Waals surface area contributed by atoms with Gasteiger partial charge in [-0.25, -0.2) is 4.79 Å². The Bertz CT molecular complexity index is 698.